The third kappa shape index (κ3) is 5.15. The summed E-state index contributed by atoms with van der Waals surface area (Å²) in [5.41, 5.74) is 10.2. The molecule has 0 fully saturated rings. The van der Waals surface area contributed by atoms with E-state index in [0.717, 1.165) is 0 Å². The molecule has 13 heavy (non-hydrogen) atoms. The zero-order valence-electron chi connectivity index (χ0n) is 7.32. The first-order valence-electron chi connectivity index (χ1n) is 4.04. The number of carboxylic acids is 1. The fourth-order valence-corrected chi connectivity index (χ4v) is 0.833. The summed E-state index contributed by atoms with van der Waals surface area (Å²) in [5, 5.41) is 10.9. The van der Waals surface area contributed by atoms with E-state index in [-0.39, 0.29) is 6.54 Å². The highest BCUT2D eigenvalue weighted by molar-refractivity contribution is 5.84. The fraction of sp³-hybridized carbons (Fsp3) is 0.714. The Morgan fingerprint density at radius 2 is 2.00 bits per heavy atom. The van der Waals surface area contributed by atoms with E-state index in [9.17, 15) is 9.59 Å². The lowest BCUT2D eigenvalue weighted by molar-refractivity contribution is -0.141. The highest BCUT2D eigenvalue weighted by Crippen LogP contribution is 1.95. The smallest absolute Gasteiger partial charge is 0.326 e. The third-order valence-electron chi connectivity index (χ3n) is 1.52. The van der Waals surface area contributed by atoms with E-state index in [1.807, 2.05) is 0 Å². The molecule has 1 unspecified atom stereocenters. The number of carbonyl (C=O) groups excluding carboxylic acids is 1. The molecule has 0 aliphatic heterocycles. The first-order chi connectivity index (χ1) is 6.11. The summed E-state index contributed by atoms with van der Waals surface area (Å²) in [7, 11) is 0. The Balaban J connectivity index is 3.94. The molecule has 6 N–H and O–H groups in total. The van der Waals surface area contributed by atoms with Gasteiger partial charge in [-0.2, -0.15) is 0 Å². The van der Waals surface area contributed by atoms with Gasteiger partial charge in [-0.25, -0.2) is 4.79 Å². The maximum Gasteiger partial charge on any atom is 0.326 e. The molecule has 0 aromatic rings. The van der Waals surface area contributed by atoms with Crippen LogP contribution in [0.2, 0.25) is 0 Å². The van der Waals surface area contributed by atoms with Crippen LogP contribution in [0.1, 0.15) is 12.8 Å². The topological polar surface area (TPSA) is 118 Å². The molecular formula is C7H15N3O3. The van der Waals surface area contributed by atoms with Crippen molar-refractivity contribution in [2.45, 2.75) is 18.9 Å². The van der Waals surface area contributed by atoms with Crippen molar-refractivity contribution in [3.63, 3.8) is 0 Å². The molecular weight excluding hydrogens is 174 g/mol. The molecule has 0 saturated heterocycles. The predicted octanol–water partition coefficient (Wildman–Crippen LogP) is -1.75. The minimum absolute atomic E-state index is 0.202. The SMILES string of the molecule is NCCCC(NC(=O)CN)C(=O)O. The van der Waals surface area contributed by atoms with Crippen LogP contribution in [-0.4, -0.2) is 36.1 Å². The van der Waals surface area contributed by atoms with E-state index in [1.54, 1.807) is 0 Å². The van der Waals surface area contributed by atoms with E-state index in [4.69, 9.17) is 16.6 Å². The quantitative estimate of drug-likeness (QED) is 0.395. The number of carbonyl (C=O) groups is 2. The molecule has 76 valence electrons. The number of hydrogen-bond donors (Lipinski definition) is 4. The molecule has 0 heterocycles. The lowest BCUT2D eigenvalue weighted by Gasteiger charge is -2.12. The summed E-state index contributed by atoms with van der Waals surface area (Å²) in [4.78, 5) is 21.3. The van der Waals surface area contributed by atoms with Crippen LogP contribution in [0, 0.1) is 0 Å². The van der Waals surface area contributed by atoms with Crippen LogP contribution in [0.25, 0.3) is 0 Å². The number of rotatable bonds is 6. The van der Waals surface area contributed by atoms with Crippen molar-refractivity contribution in [2.75, 3.05) is 13.1 Å². The Morgan fingerprint density at radius 3 is 2.38 bits per heavy atom. The number of nitrogens with one attached hydrogen (secondary N) is 1. The molecule has 0 rings (SSSR count). The number of hydrogen-bond acceptors (Lipinski definition) is 4. The second kappa shape index (κ2) is 6.38. The normalized spacial score (nSPS) is 12.2. The maximum absolute atomic E-state index is 10.8. The molecule has 1 amide bonds. The van der Waals surface area contributed by atoms with Crippen molar-refractivity contribution >= 4 is 11.9 Å². The molecule has 6 heteroatoms. The molecule has 0 bridgehead atoms. The molecule has 0 aliphatic rings. The Bertz CT molecular complexity index is 184. The van der Waals surface area contributed by atoms with Crippen molar-refractivity contribution in [2.24, 2.45) is 11.5 Å². The van der Waals surface area contributed by atoms with E-state index < -0.39 is 17.9 Å². The van der Waals surface area contributed by atoms with Crippen LogP contribution < -0.4 is 16.8 Å². The summed E-state index contributed by atoms with van der Waals surface area (Å²) in [6.45, 7) is 0.203. The van der Waals surface area contributed by atoms with Gasteiger partial charge in [-0.05, 0) is 19.4 Å². The molecule has 0 saturated carbocycles. The molecule has 0 spiro atoms. The van der Waals surface area contributed by atoms with Crippen LogP contribution in [0.5, 0.6) is 0 Å². The number of carboxylic acid groups (broad SMARTS) is 1. The highest BCUT2D eigenvalue weighted by Gasteiger charge is 2.17. The molecule has 0 aliphatic carbocycles. The molecule has 0 aromatic heterocycles. The third-order valence-corrected chi connectivity index (χ3v) is 1.52. The van der Waals surface area contributed by atoms with E-state index in [2.05, 4.69) is 5.32 Å². The van der Waals surface area contributed by atoms with Crippen molar-refractivity contribution < 1.29 is 14.7 Å². The molecule has 6 nitrogen and oxygen atoms in total. The standard InChI is InChI=1S/C7H15N3O3/c8-3-1-2-5(7(12)13)10-6(11)4-9/h5H,1-4,8-9H2,(H,10,11)(H,12,13). The van der Waals surface area contributed by atoms with Gasteiger partial charge in [0.15, 0.2) is 0 Å². The summed E-state index contributed by atoms with van der Waals surface area (Å²) in [6, 6.07) is -0.875. The van der Waals surface area contributed by atoms with Gasteiger partial charge in [0.05, 0.1) is 6.54 Å². The summed E-state index contributed by atoms with van der Waals surface area (Å²) in [5.74, 6) is -1.53. The molecule has 0 aromatic carbocycles. The lowest BCUT2D eigenvalue weighted by Crippen LogP contribution is -2.43. The van der Waals surface area contributed by atoms with Gasteiger partial charge in [-0.1, -0.05) is 0 Å². The second-order valence-corrected chi connectivity index (χ2v) is 2.59. The van der Waals surface area contributed by atoms with Gasteiger partial charge in [0.1, 0.15) is 6.04 Å². The molecule has 0 radical (unpaired) electrons. The van der Waals surface area contributed by atoms with E-state index in [1.165, 1.54) is 0 Å². The zero-order chi connectivity index (χ0) is 10.3. The van der Waals surface area contributed by atoms with Crippen LogP contribution in [0.3, 0.4) is 0 Å². The van der Waals surface area contributed by atoms with Crippen LogP contribution in [-0.2, 0) is 9.59 Å². The first kappa shape index (κ1) is 11.9. The Kier molecular flexibility index (Phi) is 5.82. The van der Waals surface area contributed by atoms with Gasteiger partial charge >= 0.3 is 5.97 Å². The van der Waals surface area contributed by atoms with Gasteiger partial charge in [0.2, 0.25) is 5.91 Å². The highest BCUT2D eigenvalue weighted by atomic mass is 16.4. The largest absolute Gasteiger partial charge is 0.480 e. The Labute approximate surface area is 76.3 Å². The Hall–Kier alpha value is -1.14. The van der Waals surface area contributed by atoms with Crippen LogP contribution in [0.15, 0.2) is 0 Å². The van der Waals surface area contributed by atoms with E-state index in [0.29, 0.717) is 19.4 Å². The second-order valence-electron chi connectivity index (χ2n) is 2.59. The predicted molar refractivity (Wildman–Crippen MR) is 46.9 cm³/mol. The van der Waals surface area contributed by atoms with Crippen LogP contribution >= 0.6 is 0 Å². The van der Waals surface area contributed by atoms with Gasteiger partial charge in [-0.15, -0.1) is 0 Å². The summed E-state index contributed by atoms with van der Waals surface area (Å²) in [6.07, 6.45) is 0.888. The van der Waals surface area contributed by atoms with Gasteiger partial charge < -0.3 is 21.9 Å². The fourth-order valence-electron chi connectivity index (χ4n) is 0.833. The van der Waals surface area contributed by atoms with Crippen molar-refractivity contribution in [1.82, 2.24) is 5.32 Å². The van der Waals surface area contributed by atoms with Crippen LogP contribution in [0.4, 0.5) is 0 Å². The van der Waals surface area contributed by atoms with Crippen molar-refractivity contribution in [3.05, 3.63) is 0 Å². The van der Waals surface area contributed by atoms with Gasteiger partial charge in [0, 0.05) is 0 Å². The van der Waals surface area contributed by atoms with Gasteiger partial charge in [-0.3, -0.25) is 4.79 Å². The van der Waals surface area contributed by atoms with Crippen molar-refractivity contribution in [3.8, 4) is 0 Å². The number of aliphatic carboxylic acids is 1. The molecule has 1 atom stereocenters. The lowest BCUT2D eigenvalue weighted by atomic mass is 10.1. The van der Waals surface area contributed by atoms with Crippen molar-refractivity contribution in [1.29, 1.82) is 0 Å². The van der Waals surface area contributed by atoms with Gasteiger partial charge in [0.25, 0.3) is 0 Å². The maximum atomic E-state index is 10.8. The minimum atomic E-state index is -1.06. The number of nitrogens with two attached hydrogens (primary N) is 2. The minimum Gasteiger partial charge on any atom is -0.480 e. The monoisotopic (exact) mass is 189 g/mol. The summed E-state index contributed by atoms with van der Waals surface area (Å²) < 4.78 is 0. The average Bonchev–Trinajstić information content (AvgIpc) is 2.11. The summed E-state index contributed by atoms with van der Waals surface area (Å²) >= 11 is 0. The first-order valence-corrected chi connectivity index (χ1v) is 4.04. The average molecular weight is 189 g/mol. The zero-order valence-corrected chi connectivity index (χ0v) is 7.32. The van der Waals surface area contributed by atoms with E-state index >= 15 is 0 Å². The Morgan fingerprint density at radius 1 is 1.38 bits per heavy atom. The number of amides is 1.